The van der Waals surface area contributed by atoms with Gasteiger partial charge in [0, 0.05) is 6.61 Å². The maximum Gasteiger partial charge on any atom is 0.0525 e. The van der Waals surface area contributed by atoms with Gasteiger partial charge in [-0.3, -0.25) is 0 Å². The third-order valence-corrected chi connectivity index (χ3v) is 3.03. The van der Waals surface area contributed by atoms with Crippen molar-refractivity contribution in [2.75, 3.05) is 13.2 Å². The van der Waals surface area contributed by atoms with Crippen molar-refractivity contribution in [1.82, 2.24) is 0 Å². The maximum absolute atomic E-state index is 5.39. The van der Waals surface area contributed by atoms with Crippen molar-refractivity contribution in [2.24, 2.45) is 10.8 Å². The highest BCUT2D eigenvalue weighted by atomic mass is 16.5. The molecule has 1 rings (SSSR count). The van der Waals surface area contributed by atoms with Crippen molar-refractivity contribution >= 4 is 0 Å². The molecule has 1 nitrogen and oxygen atoms in total. The Hall–Kier alpha value is -0.0400. The summed E-state index contributed by atoms with van der Waals surface area (Å²) in [5.41, 5.74) is 0.802. The van der Waals surface area contributed by atoms with Gasteiger partial charge in [-0.1, -0.05) is 27.7 Å². The fourth-order valence-corrected chi connectivity index (χ4v) is 1.26. The molecule has 0 aliphatic carbocycles. The molecule has 1 heterocycles. The van der Waals surface area contributed by atoms with Gasteiger partial charge in [0.15, 0.2) is 0 Å². The Morgan fingerprint density at radius 3 is 2.10 bits per heavy atom. The monoisotopic (exact) mass is 142 g/mol. The van der Waals surface area contributed by atoms with E-state index in [0.29, 0.717) is 10.8 Å². The van der Waals surface area contributed by atoms with Crippen LogP contribution in [0.5, 0.6) is 0 Å². The fourth-order valence-electron chi connectivity index (χ4n) is 1.26. The largest absolute Gasteiger partial charge is 0.381 e. The van der Waals surface area contributed by atoms with Gasteiger partial charge in [0.1, 0.15) is 0 Å². The molecule has 0 aromatic heterocycles. The molecule has 0 aromatic rings. The number of hydrogen-bond donors (Lipinski definition) is 0. The van der Waals surface area contributed by atoms with E-state index < -0.39 is 0 Å². The van der Waals surface area contributed by atoms with Crippen LogP contribution in [-0.2, 0) is 4.74 Å². The molecular formula is C9H18O. The van der Waals surface area contributed by atoms with Crippen LogP contribution < -0.4 is 0 Å². The summed E-state index contributed by atoms with van der Waals surface area (Å²) in [6.07, 6.45) is 1.22. The van der Waals surface area contributed by atoms with Gasteiger partial charge in [-0.2, -0.15) is 0 Å². The van der Waals surface area contributed by atoms with Crippen LogP contribution in [-0.4, -0.2) is 13.2 Å². The SMILES string of the molecule is CC(C)(C)C1(C)CCOC1. The lowest BCUT2D eigenvalue weighted by molar-refractivity contribution is 0.0779. The van der Waals surface area contributed by atoms with Crippen LogP contribution in [0.2, 0.25) is 0 Å². The molecule has 0 radical (unpaired) electrons. The van der Waals surface area contributed by atoms with Crippen molar-refractivity contribution in [1.29, 1.82) is 0 Å². The van der Waals surface area contributed by atoms with E-state index in [-0.39, 0.29) is 0 Å². The first kappa shape index (κ1) is 8.06. The van der Waals surface area contributed by atoms with Crippen LogP contribution in [0.4, 0.5) is 0 Å². The Bertz CT molecular complexity index is 115. The molecule has 0 N–H and O–H groups in total. The van der Waals surface area contributed by atoms with Gasteiger partial charge in [0.05, 0.1) is 6.61 Å². The second-order valence-electron chi connectivity index (χ2n) is 4.61. The van der Waals surface area contributed by atoms with E-state index in [0.717, 1.165) is 13.2 Å². The lowest BCUT2D eigenvalue weighted by atomic mass is 9.68. The van der Waals surface area contributed by atoms with E-state index >= 15 is 0 Å². The quantitative estimate of drug-likeness (QED) is 0.505. The summed E-state index contributed by atoms with van der Waals surface area (Å²) < 4.78 is 5.39. The topological polar surface area (TPSA) is 9.23 Å². The molecule has 1 aliphatic rings. The Kier molecular flexibility index (Phi) is 1.80. The Morgan fingerprint density at radius 2 is 1.90 bits per heavy atom. The highest BCUT2D eigenvalue weighted by Gasteiger charge is 2.40. The van der Waals surface area contributed by atoms with Crippen LogP contribution in [0, 0.1) is 10.8 Å². The molecule has 1 saturated heterocycles. The highest BCUT2D eigenvalue weighted by molar-refractivity contribution is 4.88. The molecule has 0 saturated carbocycles. The molecule has 0 aromatic carbocycles. The molecular weight excluding hydrogens is 124 g/mol. The smallest absolute Gasteiger partial charge is 0.0525 e. The van der Waals surface area contributed by atoms with Crippen molar-refractivity contribution in [3.8, 4) is 0 Å². The molecule has 60 valence electrons. The van der Waals surface area contributed by atoms with Crippen LogP contribution >= 0.6 is 0 Å². The number of rotatable bonds is 0. The maximum atomic E-state index is 5.39. The molecule has 0 bridgehead atoms. The predicted molar refractivity (Wildman–Crippen MR) is 43.0 cm³/mol. The summed E-state index contributed by atoms with van der Waals surface area (Å²) in [5, 5.41) is 0. The summed E-state index contributed by atoms with van der Waals surface area (Å²) in [6, 6.07) is 0. The molecule has 1 atom stereocenters. The van der Waals surface area contributed by atoms with Crippen LogP contribution in [0.3, 0.4) is 0 Å². The van der Waals surface area contributed by atoms with E-state index in [2.05, 4.69) is 27.7 Å². The second-order valence-corrected chi connectivity index (χ2v) is 4.61. The first-order valence-corrected chi connectivity index (χ1v) is 4.03. The third kappa shape index (κ3) is 1.20. The molecule has 1 unspecified atom stereocenters. The fraction of sp³-hybridized carbons (Fsp3) is 1.00. The first-order chi connectivity index (χ1) is 4.46. The Labute approximate surface area is 63.8 Å². The van der Waals surface area contributed by atoms with E-state index in [1.54, 1.807) is 0 Å². The Balaban J connectivity index is 2.67. The van der Waals surface area contributed by atoms with Gasteiger partial charge in [-0.15, -0.1) is 0 Å². The molecule has 1 heteroatoms. The standard InChI is InChI=1S/C9H18O/c1-8(2,3)9(4)5-6-10-7-9/h5-7H2,1-4H3. The summed E-state index contributed by atoms with van der Waals surface area (Å²) in [4.78, 5) is 0. The van der Waals surface area contributed by atoms with Gasteiger partial charge in [-0.25, -0.2) is 0 Å². The van der Waals surface area contributed by atoms with Crippen molar-refractivity contribution in [3.05, 3.63) is 0 Å². The van der Waals surface area contributed by atoms with Gasteiger partial charge < -0.3 is 4.74 Å². The van der Waals surface area contributed by atoms with E-state index in [4.69, 9.17) is 4.74 Å². The third-order valence-electron chi connectivity index (χ3n) is 3.03. The predicted octanol–water partition coefficient (Wildman–Crippen LogP) is 2.46. The lowest BCUT2D eigenvalue weighted by Gasteiger charge is -2.37. The summed E-state index contributed by atoms with van der Waals surface area (Å²) in [5.74, 6) is 0. The average molecular weight is 142 g/mol. The zero-order valence-corrected chi connectivity index (χ0v) is 7.53. The normalized spacial score (nSPS) is 34.8. The zero-order chi connectivity index (χ0) is 7.83. The van der Waals surface area contributed by atoms with Gasteiger partial charge >= 0.3 is 0 Å². The highest BCUT2D eigenvalue weighted by Crippen LogP contribution is 2.44. The average Bonchev–Trinajstić information content (AvgIpc) is 2.13. The minimum Gasteiger partial charge on any atom is -0.381 e. The summed E-state index contributed by atoms with van der Waals surface area (Å²) in [6.45, 7) is 11.1. The van der Waals surface area contributed by atoms with Crippen LogP contribution in [0.25, 0.3) is 0 Å². The van der Waals surface area contributed by atoms with Gasteiger partial charge in [0.25, 0.3) is 0 Å². The van der Waals surface area contributed by atoms with Crippen LogP contribution in [0.1, 0.15) is 34.1 Å². The second kappa shape index (κ2) is 2.23. The minimum atomic E-state index is 0.392. The Morgan fingerprint density at radius 1 is 1.30 bits per heavy atom. The molecule has 1 aliphatic heterocycles. The van der Waals surface area contributed by atoms with Crippen molar-refractivity contribution in [3.63, 3.8) is 0 Å². The number of hydrogen-bond acceptors (Lipinski definition) is 1. The van der Waals surface area contributed by atoms with Crippen LogP contribution in [0.15, 0.2) is 0 Å². The minimum absolute atomic E-state index is 0.392. The summed E-state index contributed by atoms with van der Waals surface area (Å²) >= 11 is 0. The number of ether oxygens (including phenoxy) is 1. The lowest BCUT2D eigenvalue weighted by Crippen LogP contribution is -2.32. The van der Waals surface area contributed by atoms with E-state index in [9.17, 15) is 0 Å². The van der Waals surface area contributed by atoms with E-state index in [1.165, 1.54) is 6.42 Å². The summed E-state index contributed by atoms with van der Waals surface area (Å²) in [7, 11) is 0. The van der Waals surface area contributed by atoms with E-state index in [1.807, 2.05) is 0 Å². The molecule has 0 amide bonds. The molecule has 0 spiro atoms. The molecule has 10 heavy (non-hydrogen) atoms. The molecule has 1 fully saturated rings. The zero-order valence-electron chi connectivity index (χ0n) is 7.53. The van der Waals surface area contributed by atoms with Crippen molar-refractivity contribution < 1.29 is 4.74 Å². The van der Waals surface area contributed by atoms with Gasteiger partial charge in [-0.05, 0) is 17.3 Å². The van der Waals surface area contributed by atoms with Crippen molar-refractivity contribution in [2.45, 2.75) is 34.1 Å². The van der Waals surface area contributed by atoms with Gasteiger partial charge in [0.2, 0.25) is 0 Å². The first-order valence-electron chi connectivity index (χ1n) is 4.03.